The molecule has 0 fully saturated rings. The van der Waals surface area contributed by atoms with Crippen molar-refractivity contribution in [3.05, 3.63) is 89.6 Å². The van der Waals surface area contributed by atoms with Crippen LogP contribution in [0.1, 0.15) is 27.4 Å². The van der Waals surface area contributed by atoms with E-state index in [1.807, 2.05) is 25.1 Å². The van der Waals surface area contributed by atoms with Gasteiger partial charge in [0.25, 0.3) is 0 Å². The molecule has 0 spiro atoms. The first-order valence-electron chi connectivity index (χ1n) is 11.2. The zero-order valence-corrected chi connectivity index (χ0v) is 19.3. The molecule has 0 bridgehead atoms. The number of anilines is 1. The molecule has 0 aliphatic heterocycles. The lowest BCUT2D eigenvalue weighted by Crippen LogP contribution is -2.07. The first kappa shape index (κ1) is 22.5. The quantitative estimate of drug-likeness (QED) is 0.278. The molecule has 0 unspecified atom stereocenters. The molecule has 0 aliphatic carbocycles. The Bertz CT molecular complexity index is 1810. The maximum atomic E-state index is 13.3. The van der Waals surface area contributed by atoms with Gasteiger partial charge in [-0.3, -0.25) is 9.78 Å². The number of H-pyrrole nitrogens is 2. The van der Waals surface area contributed by atoms with Crippen LogP contribution in [0.25, 0.3) is 38.9 Å². The lowest BCUT2D eigenvalue weighted by Gasteiger charge is -2.07. The van der Waals surface area contributed by atoms with Crippen molar-refractivity contribution in [2.75, 3.05) is 5.73 Å². The highest BCUT2D eigenvalue weighted by atomic mass is 19.4. The third-order valence-electron chi connectivity index (χ3n) is 6.13. The number of aromatic nitrogens is 6. The number of halogens is 3. The predicted molar refractivity (Wildman–Crippen MR) is 132 cm³/mol. The second kappa shape index (κ2) is 8.05. The van der Waals surface area contributed by atoms with Crippen LogP contribution in [0.15, 0.2) is 67.0 Å². The number of carbonyl (C=O) groups is 1. The number of benzene rings is 2. The van der Waals surface area contributed by atoms with Gasteiger partial charge in [-0.05, 0) is 49.4 Å². The van der Waals surface area contributed by atoms with Gasteiger partial charge in [0.05, 0.1) is 45.4 Å². The van der Waals surface area contributed by atoms with Gasteiger partial charge in [0, 0.05) is 22.7 Å². The van der Waals surface area contributed by atoms with Crippen molar-refractivity contribution in [2.24, 2.45) is 0 Å². The fourth-order valence-electron chi connectivity index (χ4n) is 4.28. The minimum absolute atomic E-state index is 0.185. The molecule has 0 amide bonds. The molecule has 6 rings (SSSR count). The predicted octanol–water partition coefficient (Wildman–Crippen LogP) is 5.43. The first-order chi connectivity index (χ1) is 17.7. The molecular weight excluding hydrogens is 483 g/mol. The summed E-state index contributed by atoms with van der Waals surface area (Å²) in [6.45, 7) is 1.86. The Balaban J connectivity index is 1.31. The molecule has 0 aliphatic rings. The molecule has 4 heterocycles. The van der Waals surface area contributed by atoms with Gasteiger partial charge >= 0.3 is 6.18 Å². The number of hydrogen-bond acceptors (Lipinski definition) is 5. The minimum Gasteiger partial charge on any atom is -0.383 e. The third-order valence-corrected chi connectivity index (χ3v) is 6.13. The minimum atomic E-state index is -4.45. The number of carbonyl (C=O) groups excluding carboxylic acids is 1. The van der Waals surface area contributed by atoms with Crippen LogP contribution in [0.4, 0.5) is 19.0 Å². The number of ketones is 1. The molecule has 0 saturated heterocycles. The van der Waals surface area contributed by atoms with Gasteiger partial charge in [0.15, 0.2) is 0 Å². The average Bonchev–Trinajstić information content (AvgIpc) is 3.57. The van der Waals surface area contributed by atoms with E-state index in [-0.39, 0.29) is 17.2 Å². The molecule has 11 heteroatoms. The number of imidazole rings is 1. The molecule has 0 atom stereocenters. The molecule has 4 aromatic heterocycles. The van der Waals surface area contributed by atoms with E-state index < -0.39 is 11.7 Å². The SMILES string of the molecule is Cc1nc2cc(-n3ncc(C(=O)c4cc5ccc(-c6ccc(C(F)(F)F)cn6)cc5[nH]4)c3N)ccc2[nH]1. The summed E-state index contributed by atoms with van der Waals surface area (Å²) in [7, 11) is 0. The van der Waals surface area contributed by atoms with Crippen LogP contribution in [-0.2, 0) is 6.18 Å². The second-order valence-electron chi connectivity index (χ2n) is 8.62. The number of rotatable bonds is 4. The Morgan fingerprint density at radius 1 is 0.973 bits per heavy atom. The van der Waals surface area contributed by atoms with E-state index in [1.165, 1.54) is 16.9 Å². The summed E-state index contributed by atoms with van der Waals surface area (Å²) in [4.78, 5) is 27.9. The number of nitrogens with one attached hydrogen (secondary N) is 2. The van der Waals surface area contributed by atoms with Gasteiger partial charge < -0.3 is 15.7 Å². The molecule has 6 aromatic rings. The average molecular weight is 501 g/mol. The second-order valence-corrected chi connectivity index (χ2v) is 8.62. The summed E-state index contributed by atoms with van der Waals surface area (Å²) in [5.41, 5.74) is 9.95. The summed E-state index contributed by atoms with van der Waals surface area (Å²) in [6, 6.07) is 14.8. The van der Waals surface area contributed by atoms with E-state index in [9.17, 15) is 18.0 Å². The fraction of sp³-hybridized carbons (Fsp3) is 0.0769. The van der Waals surface area contributed by atoms with Crippen molar-refractivity contribution >= 4 is 33.5 Å². The molecule has 0 saturated carbocycles. The van der Waals surface area contributed by atoms with E-state index in [0.717, 1.165) is 34.5 Å². The number of aryl methyl sites for hydroxylation is 1. The summed E-state index contributed by atoms with van der Waals surface area (Å²) in [5.74, 6) is 0.628. The van der Waals surface area contributed by atoms with E-state index in [1.54, 1.807) is 24.3 Å². The Morgan fingerprint density at radius 2 is 1.81 bits per heavy atom. The van der Waals surface area contributed by atoms with Gasteiger partial charge in [0.1, 0.15) is 11.6 Å². The zero-order valence-electron chi connectivity index (χ0n) is 19.3. The normalized spacial score (nSPS) is 12.0. The molecule has 8 nitrogen and oxygen atoms in total. The maximum absolute atomic E-state index is 13.3. The van der Waals surface area contributed by atoms with Crippen LogP contribution in [0.3, 0.4) is 0 Å². The first-order valence-corrected chi connectivity index (χ1v) is 11.2. The molecule has 37 heavy (non-hydrogen) atoms. The highest BCUT2D eigenvalue weighted by Gasteiger charge is 2.30. The summed E-state index contributed by atoms with van der Waals surface area (Å²) in [6.07, 6.45) is -2.24. The largest absolute Gasteiger partial charge is 0.417 e. The smallest absolute Gasteiger partial charge is 0.383 e. The van der Waals surface area contributed by atoms with Gasteiger partial charge in [-0.2, -0.15) is 18.3 Å². The third kappa shape index (κ3) is 3.90. The van der Waals surface area contributed by atoms with Crippen LogP contribution in [-0.4, -0.2) is 35.5 Å². The van der Waals surface area contributed by atoms with Gasteiger partial charge in [-0.1, -0.05) is 12.1 Å². The molecule has 2 aromatic carbocycles. The number of pyridine rings is 1. The molecular formula is C26H18F3N7O. The Labute approximate surface area is 207 Å². The summed E-state index contributed by atoms with van der Waals surface area (Å²) in [5, 5.41) is 5.06. The monoisotopic (exact) mass is 501 g/mol. The van der Waals surface area contributed by atoms with Crippen LogP contribution >= 0.6 is 0 Å². The van der Waals surface area contributed by atoms with Gasteiger partial charge in [-0.15, -0.1) is 0 Å². The van der Waals surface area contributed by atoms with Crippen molar-refractivity contribution in [1.82, 2.24) is 29.7 Å². The van der Waals surface area contributed by atoms with Gasteiger partial charge in [0.2, 0.25) is 5.78 Å². The number of nitrogens with two attached hydrogens (primary N) is 1. The van der Waals surface area contributed by atoms with Crippen LogP contribution in [0, 0.1) is 6.92 Å². The number of nitrogen functional groups attached to an aromatic ring is 1. The number of aromatic amines is 2. The highest BCUT2D eigenvalue weighted by molar-refractivity contribution is 6.12. The van der Waals surface area contributed by atoms with E-state index >= 15 is 0 Å². The van der Waals surface area contributed by atoms with Crippen molar-refractivity contribution < 1.29 is 18.0 Å². The standard InChI is InChI=1S/C26H18F3N7O/c1-13-33-20-7-5-17(10-22(20)34-13)36-25(30)18(12-32-36)24(37)23-9-15-3-2-14(8-21(15)35-23)19-6-4-16(11-31-19)26(27,28)29/h2-12,35H,30H2,1H3,(H,33,34). The van der Waals surface area contributed by atoms with E-state index in [4.69, 9.17) is 5.73 Å². The molecule has 0 radical (unpaired) electrons. The topological polar surface area (TPSA) is 118 Å². The summed E-state index contributed by atoms with van der Waals surface area (Å²) >= 11 is 0. The molecule has 184 valence electrons. The van der Waals surface area contributed by atoms with Gasteiger partial charge in [-0.25, -0.2) is 9.67 Å². The number of alkyl halides is 3. The van der Waals surface area contributed by atoms with Crippen molar-refractivity contribution in [1.29, 1.82) is 0 Å². The number of nitrogens with zero attached hydrogens (tertiary/aromatic N) is 4. The van der Waals surface area contributed by atoms with Crippen molar-refractivity contribution in [2.45, 2.75) is 13.1 Å². The number of fused-ring (bicyclic) bond motifs is 2. The fourth-order valence-corrected chi connectivity index (χ4v) is 4.28. The lowest BCUT2D eigenvalue weighted by molar-refractivity contribution is -0.137. The van der Waals surface area contributed by atoms with Crippen LogP contribution in [0.5, 0.6) is 0 Å². The maximum Gasteiger partial charge on any atom is 0.417 e. The molecule has 4 N–H and O–H groups in total. The van der Waals surface area contributed by atoms with Crippen molar-refractivity contribution in [3.63, 3.8) is 0 Å². The Kier molecular flexibility index (Phi) is 4.90. The Morgan fingerprint density at radius 3 is 2.57 bits per heavy atom. The Hall–Kier alpha value is -4.93. The highest BCUT2D eigenvalue weighted by Crippen LogP contribution is 2.31. The van der Waals surface area contributed by atoms with E-state index in [0.29, 0.717) is 28.2 Å². The van der Waals surface area contributed by atoms with Crippen molar-refractivity contribution in [3.8, 4) is 16.9 Å². The number of hydrogen-bond donors (Lipinski definition) is 3. The van der Waals surface area contributed by atoms with Crippen LogP contribution < -0.4 is 5.73 Å². The zero-order chi connectivity index (χ0) is 25.9. The lowest BCUT2D eigenvalue weighted by atomic mass is 10.1. The van der Waals surface area contributed by atoms with Crippen LogP contribution in [0.2, 0.25) is 0 Å². The van der Waals surface area contributed by atoms with E-state index in [2.05, 4.69) is 25.0 Å². The summed E-state index contributed by atoms with van der Waals surface area (Å²) < 4.78 is 40.0.